The first-order chi connectivity index (χ1) is 8.60. The van der Waals surface area contributed by atoms with Gasteiger partial charge in [-0.2, -0.15) is 0 Å². The molecular weight excluding hydrogens is 290 g/mol. The molecule has 0 bridgehead atoms. The molecule has 0 fully saturated rings. The molecular formula is C15H24BrNO. The van der Waals surface area contributed by atoms with Crippen LogP contribution in [0, 0.1) is 13.8 Å². The summed E-state index contributed by atoms with van der Waals surface area (Å²) in [6.45, 7) is 8.28. The Bertz CT molecular complexity index is 356. The fraction of sp³-hybridized carbons (Fsp3) is 0.600. The first-order valence-corrected chi connectivity index (χ1v) is 7.38. The van der Waals surface area contributed by atoms with Crippen molar-refractivity contribution in [1.82, 2.24) is 5.32 Å². The summed E-state index contributed by atoms with van der Waals surface area (Å²) >= 11 is 3.62. The Hall–Kier alpha value is -0.380. The van der Waals surface area contributed by atoms with Crippen molar-refractivity contribution in [3.63, 3.8) is 0 Å². The van der Waals surface area contributed by atoms with Crippen LogP contribution in [0.1, 0.15) is 42.5 Å². The van der Waals surface area contributed by atoms with Gasteiger partial charge in [0.2, 0.25) is 0 Å². The Morgan fingerprint density at radius 2 is 1.89 bits per heavy atom. The van der Waals surface area contributed by atoms with Crippen LogP contribution in [0.4, 0.5) is 0 Å². The van der Waals surface area contributed by atoms with Crippen LogP contribution in [0.25, 0.3) is 0 Å². The largest absolute Gasteiger partial charge is 0.385 e. The van der Waals surface area contributed by atoms with Gasteiger partial charge in [-0.1, -0.05) is 35.0 Å². The Balaban J connectivity index is 2.84. The number of hydrogen-bond acceptors (Lipinski definition) is 2. The van der Waals surface area contributed by atoms with E-state index in [1.165, 1.54) is 21.2 Å². The Labute approximate surface area is 119 Å². The van der Waals surface area contributed by atoms with Crippen molar-refractivity contribution in [2.24, 2.45) is 0 Å². The Morgan fingerprint density at radius 3 is 2.39 bits per heavy atom. The number of halogens is 1. The quantitative estimate of drug-likeness (QED) is 0.764. The molecule has 0 heterocycles. The number of methoxy groups -OCH3 is 1. The number of nitrogens with one attached hydrogen (secondary N) is 1. The van der Waals surface area contributed by atoms with Gasteiger partial charge >= 0.3 is 0 Å². The lowest BCUT2D eigenvalue weighted by Gasteiger charge is -2.20. The van der Waals surface area contributed by atoms with Gasteiger partial charge in [-0.3, -0.25) is 0 Å². The topological polar surface area (TPSA) is 21.3 Å². The summed E-state index contributed by atoms with van der Waals surface area (Å²) in [5.74, 6) is 0. The van der Waals surface area contributed by atoms with E-state index >= 15 is 0 Å². The van der Waals surface area contributed by atoms with Crippen LogP contribution in [0.2, 0.25) is 0 Å². The van der Waals surface area contributed by atoms with E-state index in [2.05, 4.69) is 54.2 Å². The van der Waals surface area contributed by atoms with Crippen LogP contribution in [-0.2, 0) is 4.74 Å². The predicted octanol–water partition coefficient (Wildman–Crippen LogP) is 4.14. The van der Waals surface area contributed by atoms with Gasteiger partial charge in [0.15, 0.2) is 0 Å². The molecule has 1 aromatic carbocycles. The minimum Gasteiger partial charge on any atom is -0.385 e. The number of rotatable bonds is 7. The number of aryl methyl sites for hydroxylation is 2. The molecule has 0 saturated carbocycles. The fourth-order valence-corrected chi connectivity index (χ4v) is 2.47. The second kappa shape index (κ2) is 7.93. The molecule has 3 heteroatoms. The Kier molecular flexibility index (Phi) is 6.90. The molecule has 0 saturated heterocycles. The molecule has 1 rings (SSSR count). The van der Waals surface area contributed by atoms with E-state index in [4.69, 9.17) is 4.74 Å². The highest BCUT2D eigenvalue weighted by Crippen LogP contribution is 2.27. The van der Waals surface area contributed by atoms with Crippen LogP contribution in [0.5, 0.6) is 0 Å². The van der Waals surface area contributed by atoms with E-state index in [-0.39, 0.29) is 0 Å². The smallest absolute Gasteiger partial charge is 0.0462 e. The summed E-state index contributed by atoms with van der Waals surface area (Å²) in [6.07, 6.45) is 2.20. The summed E-state index contributed by atoms with van der Waals surface area (Å²) < 4.78 is 6.36. The summed E-state index contributed by atoms with van der Waals surface area (Å²) in [6, 6.07) is 4.98. The van der Waals surface area contributed by atoms with Crippen LogP contribution >= 0.6 is 15.9 Å². The van der Waals surface area contributed by atoms with Gasteiger partial charge in [0.05, 0.1) is 0 Å². The van der Waals surface area contributed by atoms with Crippen molar-refractivity contribution in [1.29, 1.82) is 0 Å². The summed E-state index contributed by atoms with van der Waals surface area (Å²) in [4.78, 5) is 0. The fourth-order valence-electron chi connectivity index (χ4n) is 2.25. The second-order valence-electron chi connectivity index (χ2n) is 4.71. The minimum absolute atomic E-state index is 0.427. The van der Waals surface area contributed by atoms with Gasteiger partial charge in [-0.05, 0) is 49.9 Å². The molecule has 1 atom stereocenters. The van der Waals surface area contributed by atoms with Crippen molar-refractivity contribution in [3.8, 4) is 0 Å². The van der Waals surface area contributed by atoms with Gasteiger partial charge in [0.1, 0.15) is 0 Å². The maximum Gasteiger partial charge on any atom is 0.0462 e. The molecule has 1 unspecified atom stereocenters. The average Bonchev–Trinajstić information content (AvgIpc) is 2.34. The maximum absolute atomic E-state index is 5.14. The van der Waals surface area contributed by atoms with E-state index in [0.29, 0.717) is 6.04 Å². The molecule has 0 aromatic heterocycles. The van der Waals surface area contributed by atoms with Crippen LogP contribution in [0.3, 0.4) is 0 Å². The monoisotopic (exact) mass is 313 g/mol. The third-order valence-corrected chi connectivity index (χ3v) is 4.40. The van der Waals surface area contributed by atoms with Crippen molar-refractivity contribution < 1.29 is 4.74 Å². The van der Waals surface area contributed by atoms with Crippen molar-refractivity contribution in [2.75, 3.05) is 20.3 Å². The van der Waals surface area contributed by atoms with Crippen LogP contribution in [0.15, 0.2) is 16.6 Å². The number of hydrogen-bond donors (Lipinski definition) is 1. The van der Waals surface area contributed by atoms with Crippen LogP contribution in [-0.4, -0.2) is 20.3 Å². The lowest BCUT2D eigenvalue weighted by Crippen LogP contribution is -2.21. The predicted molar refractivity (Wildman–Crippen MR) is 81.1 cm³/mol. The van der Waals surface area contributed by atoms with E-state index in [0.717, 1.165) is 26.0 Å². The number of benzene rings is 1. The van der Waals surface area contributed by atoms with E-state index in [1.807, 2.05) is 0 Å². The van der Waals surface area contributed by atoms with Crippen LogP contribution < -0.4 is 5.32 Å². The molecule has 0 aliphatic heterocycles. The Morgan fingerprint density at radius 1 is 1.28 bits per heavy atom. The molecule has 0 aliphatic rings. The zero-order valence-corrected chi connectivity index (χ0v) is 13.4. The van der Waals surface area contributed by atoms with Crippen molar-refractivity contribution in [2.45, 2.75) is 39.7 Å². The molecule has 102 valence electrons. The van der Waals surface area contributed by atoms with Gasteiger partial charge in [-0.15, -0.1) is 0 Å². The first kappa shape index (κ1) is 15.7. The summed E-state index contributed by atoms with van der Waals surface area (Å²) in [5, 5.41) is 3.56. The highest BCUT2D eigenvalue weighted by Gasteiger charge is 2.12. The minimum atomic E-state index is 0.427. The van der Waals surface area contributed by atoms with Gasteiger partial charge in [0, 0.05) is 24.2 Å². The number of ether oxygens (including phenoxy) is 1. The van der Waals surface area contributed by atoms with Gasteiger partial charge in [-0.25, -0.2) is 0 Å². The van der Waals surface area contributed by atoms with E-state index in [1.54, 1.807) is 7.11 Å². The van der Waals surface area contributed by atoms with E-state index in [9.17, 15) is 0 Å². The molecule has 0 amide bonds. The molecule has 0 radical (unpaired) electrons. The summed E-state index contributed by atoms with van der Waals surface area (Å²) in [5.41, 5.74) is 3.99. The zero-order chi connectivity index (χ0) is 13.5. The van der Waals surface area contributed by atoms with E-state index < -0.39 is 0 Å². The standard InChI is InChI=1S/C15H24BrNO/c1-5-17-14(7-6-8-18-4)13-9-11(2)15(16)12(3)10-13/h9-10,14,17H,5-8H2,1-4H3. The third kappa shape index (κ3) is 4.38. The third-order valence-electron chi connectivity index (χ3n) is 3.15. The molecule has 18 heavy (non-hydrogen) atoms. The first-order valence-electron chi connectivity index (χ1n) is 6.59. The van der Waals surface area contributed by atoms with Crippen molar-refractivity contribution in [3.05, 3.63) is 33.3 Å². The molecule has 1 N–H and O–H groups in total. The lowest BCUT2D eigenvalue weighted by atomic mass is 9.98. The normalized spacial score (nSPS) is 12.7. The SMILES string of the molecule is CCNC(CCCOC)c1cc(C)c(Br)c(C)c1. The zero-order valence-electron chi connectivity index (χ0n) is 11.8. The molecule has 0 spiro atoms. The average molecular weight is 314 g/mol. The van der Waals surface area contributed by atoms with Crippen molar-refractivity contribution >= 4 is 15.9 Å². The molecule has 2 nitrogen and oxygen atoms in total. The molecule has 1 aromatic rings. The van der Waals surface area contributed by atoms with Gasteiger partial charge in [0.25, 0.3) is 0 Å². The highest BCUT2D eigenvalue weighted by molar-refractivity contribution is 9.10. The lowest BCUT2D eigenvalue weighted by molar-refractivity contribution is 0.189. The summed E-state index contributed by atoms with van der Waals surface area (Å²) in [7, 11) is 1.76. The highest BCUT2D eigenvalue weighted by atomic mass is 79.9. The molecule has 0 aliphatic carbocycles. The second-order valence-corrected chi connectivity index (χ2v) is 5.51. The van der Waals surface area contributed by atoms with Gasteiger partial charge < -0.3 is 10.1 Å². The maximum atomic E-state index is 5.14.